The van der Waals surface area contributed by atoms with Crippen LogP contribution in [0.25, 0.3) is 0 Å². The molecule has 4 aliphatic carbocycles. The minimum atomic E-state index is -1.35. The van der Waals surface area contributed by atoms with Gasteiger partial charge in [0.2, 0.25) is 11.8 Å². The number of nitrogens with one attached hydrogen (secondary N) is 2. The molecule has 8 N–H and O–H groups in total. The van der Waals surface area contributed by atoms with Crippen LogP contribution in [-0.2, 0) is 27.2 Å². The molecule has 11 heteroatoms. The number of fused-ring (bicyclic) bond motifs is 5. The normalized spacial score (nSPS) is 35.1. The maximum atomic E-state index is 13.6. The molecular weight excluding hydrogens is 676 g/mol. The second kappa shape index (κ2) is 15.6. The number of carboxylic acid groups (broad SMARTS) is 1. The zero-order valence-corrected chi connectivity index (χ0v) is 31.2. The number of carboxylic acids is 1. The van der Waals surface area contributed by atoms with E-state index in [0.717, 1.165) is 37.7 Å². The molecule has 13 atom stereocenters. The Hall–Kier alpha value is -3.67. The van der Waals surface area contributed by atoms with Gasteiger partial charge in [-0.1, -0.05) is 57.2 Å². The van der Waals surface area contributed by atoms with Gasteiger partial charge in [-0.15, -0.1) is 0 Å². The largest absolute Gasteiger partial charge is 0.504 e. The van der Waals surface area contributed by atoms with Crippen LogP contribution in [0.15, 0.2) is 48.5 Å². The van der Waals surface area contributed by atoms with E-state index in [1.165, 1.54) is 18.2 Å². The van der Waals surface area contributed by atoms with Crippen molar-refractivity contribution in [3.8, 4) is 11.5 Å². The number of carbonyl (C=O) groups excluding carboxylic acids is 2. The third-order valence-electron chi connectivity index (χ3n) is 14.4. The topological polar surface area (TPSA) is 197 Å². The van der Waals surface area contributed by atoms with Gasteiger partial charge in [-0.3, -0.25) is 9.59 Å². The summed E-state index contributed by atoms with van der Waals surface area (Å²) in [5.74, 6) is -2.01. The molecule has 0 radical (unpaired) electrons. The highest BCUT2D eigenvalue weighted by molar-refractivity contribution is 5.90. The summed E-state index contributed by atoms with van der Waals surface area (Å²) in [6.45, 7) is 6.65. The maximum Gasteiger partial charge on any atom is 0.326 e. The molecule has 0 aliphatic heterocycles. The molecule has 4 saturated carbocycles. The van der Waals surface area contributed by atoms with E-state index in [1.54, 1.807) is 0 Å². The number of phenolic OH excluding ortho intramolecular Hbond substituents is 2. The molecule has 2 aromatic carbocycles. The highest BCUT2D eigenvalue weighted by atomic mass is 16.4. The van der Waals surface area contributed by atoms with Gasteiger partial charge in [0, 0.05) is 19.3 Å². The van der Waals surface area contributed by atoms with E-state index >= 15 is 0 Å². The molecule has 2 aromatic rings. The number of aliphatic carboxylic acids is 1. The zero-order chi connectivity index (χ0) is 38.2. The summed E-state index contributed by atoms with van der Waals surface area (Å²) in [7, 11) is 0. The lowest BCUT2D eigenvalue weighted by Crippen LogP contribution is -2.62. The number of benzene rings is 2. The minimum Gasteiger partial charge on any atom is -0.504 e. The molecule has 0 heterocycles. The predicted octanol–water partition coefficient (Wildman–Crippen LogP) is 4.31. The average molecular weight is 735 g/mol. The molecule has 6 unspecified atom stereocenters. The number of aliphatic hydroxyl groups excluding tert-OH is 3. The number of phenols is 2. The molecule has 0 bridgehead atoms. The van der Waals surface area contributed by atoms with Crippen molar-refractivity contribution in [2.45, 2.75) is 122 Å². The van der Waals surface area contributed by atoms with Crippen LogP contribution in [0.2, 0.25) is 0 Å². The van der Waals surface area contributed by atoms with Gasteiger partial charge in [-0.05, 0) is 121 Å². The zero-order valence-electron chi connectivity index (χ0n) is 31.2. The third-order valence-corrected chi connectivity index (χ3v) is 14.4. The third kappa shape index (κ3) is 7.80. The van der Waals surface area contributed by atoms with Crippen LogP contribution in [0.3, 0.4) is 0 Å². The second-order valence-electron chi connectivity index (χ2n) is 17.3. The van der Waals surface area contributed by atoms with Gasteiger partial charge in [-0.2, -0.15) is 0 Å². The smallest absolute Gasteiger partial charge is 0.326 e. The first-order chi connectivity index (χ1) is 25.1. The lowest BCUT2D eigenvalue weighted by molar-refractivity contribution is -0.207. The molecule has 11 nitrogen and oxygen atoms in total. The van der Waals surface area contributed by atoms with Gasteiger partial charge in [0.05, 0.1) is 18.3 Å². The second-order valence-corrected chi connectivity index (χ2v) is 17.3. The molecule has 0 spiro atoms. The quantitative estimate of drug-likeness (QED) is 0.147. The molecule has 53 heavy (non-hydrogen) atoms. The fourth-order valence-corrected chi connectivity index (χ4v) is 11.4. The van der Waals surface area contributed by atoms with Gasteiger partial charge in [0.15, 0.2) is 11.5 Å². The Labute approximate surface area is 312 Å². The van der Waals surface area contributed by atoms with Crippen molar-refractivity contribution in [3.05, 3.63) is 59.7 Å². The van der Waals surface area contributed by atoms with E-state index in [0.29, 0.717) is 24.8 Å². The van der Waals surface area contributed by atoms with E-state index < -0.39 is 47.3 Å². The van der Waals surface area contributed by atoms with Gasteiger partial charge in [0.25, 0.3) is 0 Å². The Morgan fingerprint density at radius 3 is 2.25 bits per heavy atom. The number of hydrogen-bond donors (Lipinski definition) is 8. The highest BCUT2D eigenvalue weighted by Gasteiger charge is 2.65. The van der Waals surface area contributed by atoms with Gasteiger partial charge < -0.3 is 41.3 Å². The molecule has 290 valence electrons. The summed E-state index contributed by atoms with van der Waals surface area (Å²) < 4.78 is 0. The summed E-state index contributed by atoms with van der Waals surface area (Å²) >= 11 is 0. The van der Waals surface area contributed by atoms with Gasteiger partial charge >= 0.3 is 5.97 Å². The molecule has 6 rings (SSSR count). The monoisotopic (exact) mass is 734 g/mol. The summed E-state index contributed by atoms with van der Waals surface area (Å²) in [5, 5.41) is 68.9. The SMILES string of the molecule is C[C@H](CCC(=O)NC(Cc1ccccc1)C(=O)N[C@@H](Cc1ccc(O)c(O)c1)C(=O)O)C1CCC2C3C(C[C@H](O)[C@@]21C)[C@@]1(C)CC[C@@H](O)CC1C[C@H]3O. The number of rotatable bonds is 12. The van der Waals surface area contributed by atoms with Crippen LogP contribution >= 0.6 is 0 Å². The predicted molar refractivity (Wildman–Crippen MR) is 198 cm³/mol. The van der Waals surface area contributed by atoms with Crippen LogP contribution in [0.5, 0.6) is 11.5 Å². The Morgan fingerprint density at radius 1 is 0.830 bits per heavy atom. The number of aromatic hydroxyl groups is 2. The lowest BCUT2D eigenvalue weighted by Gasteiger charge is -2.63. The average Bonchev–Trinajstić information content (AvgIpc) is 3.48. The van der Waals surface area contributed by atoms with Crippen molar-refractivity contribution in [2.24, 2.45) is 46.3 Å². The maximum absolute atomic E-state index is 13.6. The summed E-state index contributed by atoms with van der Waals surface area (Å²) in [6, 6.07) is 10.7. The highest BCUT2D eigenvalue weighted by Crippen LogP contribution is 2.68. The first kappa shape index (κ1) is 39.0. The summed E-state index contributed by atoms with van der Waals surface area (Å²) in [6.07, 6.45) is 4.97. The fourth-order valence-electron chi connectivity index (χ4n) is 11.4. The Bertz CT molecular complexity index is 1640. The first-order valence-corrected chi connectivity index (χ1v) is 19.5. The Morgan fingerprint density at radius 2 is 1.55 bits per heavy atom. The molecule has 4 aliphatic rings. The van der Waals surface area contributed by atoms with Crippen molar-refractivity contribution >= 4 is 17.8 Å². The van der Waals surface area contributed by atoms with Gasteiger partial charge in [0.1, 0.15) is 12.1 Å². The molecule has 4 fully saturated rings. The number of carbonyl (C=O) groups is 3. The van der Waals surface area contributed by atoms with Crippen molar-refractivity contribution in [3.63, 3.8) is 0 Å². The number of hydrogen-bond acceptors (Lipinski definition) is 8. The number of amides is 2. The standard InChI is InChI=1S/C42H58N2O9/c1-23(28-11-12-29-38-30(22-36(49)42(28,29)3)41(2)16-15-27(45)20-26(41)21-35(38)48)9-14-37(50)43-31(17-24-7-5-4-6-8-24)39(51)44-32(40(52)53)18-25-10-13-33(46)34(47)19-25/h4-8,10,13,19,23,26-32,35-36,38,45-49H,9,11-12,14-18,20-22H2,1-3H3,(H,43,50)(H,44,51)(H,52,53)/t23-,26?,27-,28?,29?,30?,31?,32+,35-,36+,38?,41+,42-/m1/s1. The Balaban J connectivity index is 1.11. The van der Waals surface area contributed by atoms with Crippen molar-refractivity contribution in [2.75, 3.05) is 0 Å². The van der Waals surface area contributed by atoms with E-state index in [1.807, 2.05) is 30.3 Å². The van der Waals surface area contributed by atoms with Crippen LogP contribution < -0.4 is 10.6 Å². The van der Waals surface area contributed by atoms with Crippen LogP contribution in [0.4, 0.5) is 0 Å². The van der Waals surface area contributed by atoms with Crippen molar-refractivity contribution in [1.82, 2.24) is 10.6 Å². The van der Waals surface area contributed by atoms with E-state index in [2.05, 4.69) is 31.4 Å². The van der Waals surface area contributed by atoms with E-state index in [9.17, 15) is 45.0 Å². The molecule has 0 aromatic heterocycles. The minimum absolute atomic E-state index is 0.00518. The van der Waals surface area contributed by atoms with Crippen LogP contribution in [0, 0.1) is 46.3 Å². The Kier molecular flexibility index (Phi) is 11.5. The summed E-state index contributed by atoms with van der Waals surface area (Å²) in [5.41, 5.74) is 0.790. The van der Waals surface area contributed by atoms with E-state index in [4.69, 9.17) is 0 Å². The van der Waals surface area contributed by atoms with Crippen molar-refractivity contribution in [1.29, 1.82) is 0 Å². The van der Waals surface area contributed by atoms with E-state index in [-0.39, 0.29) is 77.9 Å². The molecular formula is C42H58N2O9. The van der Waals surface area contributed by atoms with Gasteiger partial charge in [-0.25, -0.2) is 4.79 Å². The fraction of sp³-hybridized carbons (Fsp3) is 0.643. The van der Waals surface area contributed by atoms with Crippen molar-refractivity contribution < 1.29 is 45.0 Å². The number of aliphatic hydroxyl groups is 3. The molecule has 0 saturated heterocycles. The van der Waals surface area contributed by atoms with Crippen LogP contribution in [0.1, 0.15) is 89.7 Å². The molecule has 2 amide bonds. The summed E-state index contributed by atoms with van der Waals surface area (Å²) in [4.78, 5) is 39.3. The first-order valence-electron chi connectivity index (χ1n) is 19.5. The van der Waals surface area contributed by atoms with Crippen LogP contribution in [-0.4, -0.2) is 78.8 Å². The lowest BCUT2D eigenvalue weighted by atomic mass is 9.43.